The summed E-state index contributed by atoms with van der Waals surface area (Å²) in [6.45, 7) is 3.28. The van der Waals surface area contributed by atoms with Gasteiger partial charge in [-0.15, -0.1) is 0 Å². The molecule has 0 bridgehead atoms. The molecule has 7 nitrogen and oxygen atoms in total. The minimum atomic E-state index is -0.519. The van der Waals surface area contributed by atoms with Crippen molar-refractivity contribution in [2.45, 2.75) is 26.3 Å². The molecule has 2 rings (SSSR count). The molecule has 22 heavy (non-hydrogen) atoms. The Bertz CT molecular complexity index is 633. The minimum Gasteiger partial charge on any atom is -0.378 e. The van der Waals surface area contributed by atoms with E-state index in [9.17, 15) is 10.1 Å². The first kappa shape index (κ1) is 15.7. The van der Waals surface area contributed by atoms with E-state index < -0.39 is 4.92 Å². The summed E-state index contributed by atoms with van der Waals surface area (Å²) in [4.78, 5) is 20.5. The van der Waals surface area contributed by atoms with Crippen LogP contribution in [0.3, 0.4) is 0 Å². The number of hydrogen-bond donors (Lipinski definition) is 1. The van der Waals surface area contributed by atoms with Gasteiger partial charge in [-0.25, -0.2) is 9.97 Å². The second-order valence-electron chi connectivity index (χ2n) is 4.95. The maximum atomic E-state index is 11.3. The quantitative estimate of drug-likeness (QED) is 0.623. The number of nitro groups is 1. The Hall–Kier alpha value is -2.70. The first-order valence-electron chi connectivity index (χ1n) is 7.17. The number of hydrogen-bond acceptors (Lipinski definition) is 6. The first-order chi connectivity index (χ1) is 10.6. The molecule has 1 heterocycles. The van der Waals surface area contributed by atoms with Crippen molar-refractivity contribution in [3.05, 3.63) is 52.3 Å². The number of nitrogen functional groups attached to an aromatic ring is 1. The lowest BCUT2D eigenvalue weighted by Gasteiger charge is -2.23. The van der Waals surface area contributed by atoms with Crippen LogP contribution in [0.5, 0.6) is 0 Å². The van der Waals surface area contributed by atoms with E-state index >= 15 is 0 Å². The summed E-state index contributed by atoms with van der Waals surface area (Å²) >= 11 is 0. The Morgan fingerprint density at radius 1 is 1.27 bits per heavy atom. The smallest absolute Gasteiger partial charge is 0.353 e. The van der Waals surface area contributed by atoms with Gasteiger partial charge in [0.15, 0.2) is 0 Å². The molecular formula is C15H19N5O2. The Labute approximate surface area is 129 Å². The van der Waals surface area contributed by atoms with E-state index in [0.717, 1.165) is 18.4 Å². The van der Waals surface area contributed by atoms with Crippen molar-refractivity contribution >= 4 is 17.3 Å². The molecule has 0 saturated heterocycles. The third-order valence-corrected chi connectivity index (χ3v) is 3.31. The standard InChI is InChI=1S/C15H19N5O2/c1-2-3-9-19(10-12-7-5-4-6-8-12)15-13(20(21)22)14(16)17-11-18-15/h4-8,11H,2-3,9-10H2,1H3,(H2,16,17,18). The van der Waals surface area contributed by atoms with Crippen molar-refractivity contribution < 1.29 is 4.92 Å². The molecule has 0 aliphatic rings. The molecule has 0 fully saturated rings. The molecule has 2 aromatic rings. The Balaban J connectivity index is 2.37. The van der Waals surface area contributed by atoms with Crippen LogP contribution in [0.1, 0.15) is 25.3 Å². The van der Waals surface area contributed by atoms with E-state index in [2.05, 4.69) is 16.9 Å². The van der Waals surface area contributed by atoms with Crippen molar-refractivity contribution in [1.82, 2.24) is 9.97 Å². The number of anilines is 2. The van der Waals surface area contributed by atoms with E-state index in [0.29, 0.717) is 13.1 Å². The monoisotopic (exact) mass is 301 g/mol. The van der Waals surface area contributed by atoms with Crippen molar-refractivity contribution in [2.24, 2.45) is 0 Å². The number of unbranched alkanes of at least 4 members (excludes halogenated alkanes) is 1. The first-order valence-corrected chi connectivity index (χ1v) is 7.17. The van der Waals surface area contributed by atoms with E-state index in [1.54, 1.807) is 0 Å². The predicted octanol–water partition coefficient (Wildman–Crippen LogP) is 2.77. The lowest BCUT2D eigenvalue weighted by molar-refractivity contribution is -0.383. The van der Waals surface area contributed by atoms with Crippen molar-refractivity contribution in [3.8, 4) is 0 Å². The summed E-state index contributed by atoms with van der Waals surface area (Å²) in [6.07, 6.45) is 3.16. The molecular weight excluding hydrogens is 282 g/mol. The van der Waals surface area contributed by atoms with Gasteiger partial charge < -0.3 is 10.6 Å². The predicted molar refractivity (Wildman–Crippen MR) is 85.5 cm³/mol. The molecule has 2 N–H and O–H groups in total. The lowest BCUT2D eigenvalue weighted by Crippen LogP contribution is -2.26. The molecule has 0 amide bonds. The SMILES string of the molecule is CCCCN(Cc1ccccc1)c1ncnc(N)c1[N+](=O)[O-]. The van der Waals surface area contributed by atoms with Crippen LogP contribution in [-0.4, -0.2) is 21.4 Å². The van der Waals surface area contributed by atoms with Crippen molar-refractivity contribution in [1.29, 1.82) is 0 Å². The fourth-order valence-electron chi connectivity index (χ4n) is 2.20. The topological polar surface area (TPSA) is 98.2 Å². The molecule has 7 heteroatoms. The third-order valence-electron chi connectivity index (χ3n) is 3.31. The zero-order valence-corrected chi connectivity index (χ0v) is 12.5. The summed E-state index contributed by atoms with van der Waals surface area (Å²) in [5.74, 6) is 0.166. The maximum absolute atomic E-state index is 11.3. The summed E-state index contributed by atoms with van der Waals surface area (Å²) < 4.78 is 0. The molecule has 0 atom stereocenters. The Morgan fingerprint density at radius 2 is 2.00 bits per heavy atom. The molecule has 0 spiro atoms. The van der Waals surface area contributed by atoms with Crippen LogP contribution < -0.4 is 10.6 Å². The fourth-order valence-corrected chi connectivity index (χ4v) is 2.20. The number of aromatic nitrogens is 2. The average molecular weight is 301 g/mol. The summed E-state index contributed by atoms with van der Waals surface area (Å²) in [5.41, 5.74) is 6.50. The zero-order valence-electron chi connectivity index (χ0n) is 12.5. The van der Waals surface area contributed by atoms with Crippen LogP contribution in [0, 0.1) is 10.1 Å². The Morgan fingerprint density at radius 3 is 2.64 bits per heavy atom. The fraction of sp³-hybridized carbons (Fsp3) is 0.333. The Kier molecular flexibility index (Phi) is 5.24. The van der Waals surface area contributed by atoms with Gasteiger partial charge in [0, 0.05) is 13.1 Å². The van der Waals surface area contributed by atoms with E-state index in [1.807, 2.05) is 35.2 Å². The second-order valence-corrected chi connectivity index (χ2v) is 4.95. The van der Waals surface area contributed by atoms with Gasteiger partial charge in [-0.2, -0.15) is 0 Å². The van der Waals surface area contributed by atoms with Crippen molar-refractivity contribution in [2.75, 3.05) is 17.2 Å². The molecule has 0 aliphatic carbocycles. The van der Waals surface area contributed by atoms with Crippen LogP contribution in [0.4, 0.5) is 17.3 Å². The molecule has 0 aliphatic heterocycles. The average Bonchev–Trinajstić information content (AvgIpc) is 2.51. The molecule has 0 radical (unpaired) electrons. The molecule has 0 saturated carbocycles. The van der Waals surface area contributed by atoms with Gasteiger partial charge >= 0.3 is 5.69 Å². The molecule has 1 aromatic heterocycles. The van der Waals surface area contributed by atoms with Crippen LogP contribution in [0.2, 0.25) is 0 Å². The largest absolute Gasteiger partial charge is 0.378 e. The minimum absolute atomic E-state index is 0.107. The van der Waals surface area contributed by atoms with Crippen LogP contribution in [0.15, 0.2) is 36.7 Å². The highest BCUT2D eigenvalue weighted by atomic mass is 16.6. The van der Waals surface area contributed by atoms with Crippen molar-refractivity contribution in [3.63, 3.8) is 0 Å². The van der Waals surface area contributed by atoms with E-state index in [4.69, 9.17) is 5.73 Å². The van der Waals surface area contributed by atoms with Crippen LogP contribution >= 0.6 is 0 Å². The van der Waals surface area contributed by atoms with Gasteiger partial charge in [-0.05, 0) is 12.0 Å². The third kappa shape index (κ3) is 3.69. The maximum Gasteiger partial charge on any atom is 0.353 e. The number of nitrogens with zero attached hydrogens (tertiary/aromatic N) is 4. The van der Waals surface area contributed by atoms with Gasteiger partial charge in [0.1, 0.15) is 6.33 Å². The molecule has 0 unspecified atom stereocenters. The van der Waals surface area contributed by atoms with Crippen LogP contribution in [0.25, 0.3) is 0 Å². The highest BCUT2D eigenvalue weighted by molar-refractivity contribution is 5.68. The number of rotatable bonds is 7. The van der Waals surface area contributed by atoms with E-state index in [1.165, 1.54) is 6.33 Å². The zero-order chi connectivity index (χ0) is 15.9. The highest BCUT2D eigenvalue weighted by Crippen LogP contribution is 2.30. The molecule has 1 aromatic carbocycles. The van der Waals surface area contributed by atoms with Crippen LogP contribution in [-0.2, 0) is 6.54 Å². The normalized spacial score (nSPS) is 10.4. The van der Waals surface area contributed by atoms with Gasteiger partial charge in [0.2, 0.25) is 11.6 Å². The second kappa shape index (κ2) is 7.35. The van der Waals surface area contributed by atoms with Gasteiger partial charge in [0.05, 0.1) is 4.92 Å². The van der Waals surface area contributed by atoms with Gasteiger partial charge in [-0.1, -0.05) is 43.7 Å². The van der Waals surface area contributed by atoms with Gasteiger partial charge in [-0.3, -0.25) is 10.1 Å². The molecule has 116 valence electrons. The van der Waals surface area contributed by atoms with E-state index in [-0.39, 0.29) is 17.3 Å². The number of benzene rings is 1. The highest BCUT2D eigenvalue weighted by Gasteiger charge is 2.25. The summed E-state index contributed by atoms with van der Waals surface area (Å²) in [6, 6.07) is 9.78. The summed E-state index contributed by atoms with van der Waals surface area (Å²) in [5, 5.41) is 11.3. The lowest BCUT2D eigenvalue weighted by atomic mass is 10.2. The van der Waals surface area contributed by atoms with Gasteiger partial charge in [0.25, 0.3) is 0 Å². The number of nitrogens with two attached hydrogens (primary N) is 1. The summed E-state index contributed by atoms with van der Waals surface area (Å²) in [7, 11) is 0.